The summed E-state index contributed by atoms with van der Waals surface area (Å²) in [7, 11) is 1.18. The third kappa shape index (κ3) is 17.2. The van der Waals surface area contributed by atoms with Gasteiger partial charge in [-0.15, -0.1) is 0 Å². The summed E-state index contributed by atoms with van der Waals surface area (Å²) in [5, 5.41) is 17.7. The molecule has 2 unspecified atom stereocenters. The van der Waals surface area contributed by atoms with Crippen LogP contribution >= 0.6 is 0 Å². The molecule has 20 heavy (non-hydrogen) atoms. The van der Waals surface area contributed by atoms with Gasteiger partial charge in [-0.25, -0.2) is 4.79 Å². The number of carbonyl (C=O) groups is 1. The zero-order chi connectivity index (χ0) is 11.7. The summed E-state index contributed by atoms with van der Waals surface area (Å²) in [6.45, 7) is 1.44. The Morgan fingerprint density at radius 1 is 1.00 bits per heavy atom. The molecule has 0 spiro atoms. The lowest BCUT2D eigenvalue weighted by atomic mass is 10.3. The molecule has 0 aromatic carbocycles. The fourth-order valence-electron chi connectivity index (χ4n) is 0.851. The maximum Gasteiger partial charge on any atom is 0.508 e. The fraction of sp³-hybridized carbons (Fsp3) is 0.929. The predicted molar refractivity (Wildman–Crippen MR) is 85.1 cm³/mol. The van der Waals surface area contributed by atoms with E-state index in [4.69, 9.17) is 14.9 Å². The van der Waals surface area contributed by atoms with E-state index in [1.807, 2.05) is 6.92 Å². The molecule has 0 aromatic rings. The van der Waals surface area contributed by atoms with Crippen LogP contribution in [-0.2, 0) is 14.2 Å². The van der Waals surface area contributed by atoms with Gasteiger partial charge in [0.15, 0.2) is 6.10 Å². The van der Waals surface area contributed by atoms with Gasteiger partial charge in [-0.3, -0.25) is 0 Å². The lowest BCUT2D eigenvalue weighted by Crippen LogP contribution is -2.30. The maximum absolute atomic E-state index is 10.7. The summed E-state index contributed by atoms with van der Waals surface area (Å²) in [4.78, 5) is 10.7. The third-order valence-electron chi connectivity index (χ3n) is 1.81. The van der Waals surface area contributed by atoms with Gasteiger partial charge in [-0.05, 0) is 6.42 Å². The first-order chi connectivity index (χ1) is 7.17. The molecule has 0 rings (SSSR count). The van der Waals surface area contributed by atoms with Crippen molar-refractivity contribution in [2.75, 3.05) is 26.9 Å². The fourth-order valence-corrected chi connectivity index (χ4v) is 0.851. The lowest BCUT2D eigenvalue weighted by Gasteiger charge is -2.18. The zero-order valence-electron chi connectivity index (χ0n) is 9.01. The van der Waals surface area contributed by atoms with Crippen LogP contribution in [0.3, 0.4) is 0 Å². The van der Waals surface area contributed by atoms with Crippen LogP contribution in [0.4, 0.5) is 4.79 Å². The Hall–Kier alpha value is -0.850. The van der Waals surface area contributed by atoms with E-state index in [1.165, 1.54) is 7.11 Å². The van der Waals surface area contributed by atoms with Crippen molar-refractivity contribution in [2.45, 2.75) is 62.7 Å². The molecule has 2 N–H and O–H groups in total. The summed E-state index contributed by atoms with van der Waals surface area (Å²) in [6.07, 6.45) is -1.29. The monoisotopic (exact) mass is 302 g/mol. The van der Waals surface area contributed by atoms with Crippen LogP contribution in [0.15, 0.2) is 0 Å². The minimum absolute atomic E-state index is 0. The van der Waals surface area contributed by atoms with E-state index in [-0.39, 0.29) is 63.1 Å². The van der Waals surface area contributed by atoms with E-state index in [2.05, 4.69) is 9.47 Å². The van der Waals surface area contributed by atoms with Crippen LogP contribution in [0.1, 0.15) is 50.5 Å². The van der Waals surface area contributed by atoms with Gasteiger partial charge in [-0.2, -0.15) is 0 Å². The van der Waals surface area contributed by atoms with Crippen molar-refractivity contribution < 1.29 is 29.2 Å². The average Bonchev–Trinajstić information content (AvgIpc) is 2.28. The normalized spacial score (nSPS) is 10.8. The molecule has 0 aliphatic heterocycles. The first kappa shape index (κ1) is 36.5. The minimum Gasteiger partial charge on any atom is -0.438 e. The molecule has 0 aliphatic carbocycles. The van der Waals surface area contributed by atoms with Gasteiger partial charge in [0, 0.05) is 0 Å². The highest BCUT2D eigenvalue weighted by molar-refractivity contribution is 5.59. The average molecular weight is 302 g/mol. The van der Waals surface area contributed by atoms with E-state index in [1.54, 1.807) is 0 Å². The van der Waals surface area contributed by atoms with E-state index in [0.717, 1.165) is 0 Å². The topological polar surface area (TPSA) is 85.2 Å². The first-order valence-corrected chi connectivity index (χ1v) is 4.75. The molecule has 0 bridgehead atoms. The lowest BCUT2D eigenvalue weighted by molar-refractivity contribution is -0.0636. The highest BCUT2D eigenvalue weighted by Crippen LogP contribution is 2.01. The van der Waals surface area contributed by atoms with Crippen molar-refractivity contribution in [2.24, 2.45) is 0 Å². The predicted octanol–water partition coefficient (Wildman–Crippen LogP) is 3.10. The molecule has 0 aromatic heterocycles. The molecular weight excluding hydrogens is 264 g/mol. The van der Waals surface area contributed by atoms with Crippen LogP contribution in [0.2, 0.25) is 0 Å². The Labute approximate surface area is 126 Å². The number of rotatable bonds is 7. The van der Waals surface area contributed by atoms with Crippen molar-refractivity contribution in [1.82, 2.24) is 0 Å². The van der Waals surface area contributed by atoms with Gasteiger partial charge in [-0.1, -0.05) is 44.1 Å². The second-order valence-electron chi connectivity index (χ2n) is 2.92. The van der Waals surface area contributed by atoms with Crippen molar-refractivity contribution in [3.05, 3.63) is 0 Å². The molecule has 0 aliphatic rings. The number of methoxy groups -OCH3 is 1. The standard InChI is InChI=1S/C9H18O6.5CH4/c1-3-7(4-10)14-6-8(5-11)15-9(12)13-2;;;;;/h7-8,10-11H,3-6H2,1-2H3;5*1H4. The summed E-state index contributed by atoms with van der Waals surface area (Å²) in [6, 6.07) is 0. The van der Waals surface area contributed by atoms with Gasteiger partial charge >= 0.3 is 6.16 Å². The van der Waals surface area contributed by atoms with E-state index < -0.39 is 12.3 Å². The largest absolute Gasteiger partial charge is 0.508 e. The Morgan fingerprint density at radius 2 is 1.45 bits per heavy atom. The number of aliphatic hydroxyl groups is 2. The highest BCUT2D eigenvalue weighted by atomic mass is 16.7. The van der Waals surface area contributed by atoms with Crippen molar-refractivity contribution in [3.63, 3.8) is 0 Å². The second kappa shape index (κ2) is 23.3. The number of hydrogen-bond donors (Lipinski definition) is 2. The Kier molecular flexibility index (Phi) is 42.4. The van der Waals surface area contributed by atoms with Crippen molar-refractivity contribution in [3.8, 4) is 0 Å². The molecule has 0 saturated heterocycles. The SMILES string of the molecule is C.C.C.C.C.CCC(CO)OCC(CO)OC(=O)OC. The number of ether oxygens (including phenoxy) is 3. The summed E-state index contributed by atoms with van der Waals surface area (Å²) < 4.78 is 14.1. The van der Waals surface area contributed by atoms with Crippen LogP contribution in [0.25, 0.3) is 0 Å². The molecule has 6 nitrogen and oxygen atoms in total. The molecule has 0 saturated carbocycles. The summed E-state index contributed by atoms with van der Waals surface area (Å²) in [5.41, 5.74) is 0. The molecule has 0 fully saturated rings. The molecule has 0 amide bonds. The van der Waals surface area contributed by atoms with Crippen LogP contribution < -0.4 is 0 Å². The highest BCUT2D eigenvalue weighted by Gasteiger charge is 2.16. The van der Waals surface area contributed by atoms with E-state index in [9.17, 15) is 4.79 Å². The van der Waals surface area contributed by atoms with Crippen LogP contribution in [0, 0.1) is 0 Å². The van der Waals surface area contributed by atoms with Gasteiger partial charge in [0.25, 0.3) is 0 Å². The van der Waals surface area contributed by atoms with Gasteiger partial charge in [0.2, 0.25) is 0 Å². The maximum atomic E-state index is 10.7. The molecule has 2 atom stereocenters. The molecular formula is C14H38O6. The Bertz CT molecular complexity index is 171. The number of carbonyl (C=O) groups excluding carboxylic acids is 1. The molecule has 0 radical (unpaired) electrons. The molecule has 130 valence electrons. The van der Waals surface area contributed by atoms with E-state index >= 15 is 0 Å². The number of aliphatic hydroxyl groups excluding tert-OH is 2. The quantitative estimate of drug-likeness (QED) is 0.703. The third-order valence-corrected chi connectivity index (χ3v) is 1.81. The molecule has 0 heterocycles. The van der Waals surface area contributed by atoms with Gasteiger partial charge < -0.3 is 24.4 Å². The van der Waals surface area contributed by atoms with Crippen LogP contribution in [0.5, 0.6) is 0 Å². The van der Waals surface area contributed by atoms with Gasteiger partial charge in [0.05, 0.1) is 33.0 Å². The number of hydrogen-bond acceptors (Lipinski definition) is 6. The van der Waals surface area contributed by atoms with Crippen molar-refractivity contribution in [1.29, 1.82) is 0 Å². The minimum atomic E-state index is -0.866. The Morgan fingerprint density at radius 3 is 1.75 bits per heavy atom. The van der Waals surface area contributed by atoms with Crippen molar-refractivity contribution >= 4 is 6.16 Å². The van der Waals surface area contributed by atoms with Gasteiger partial charge in [0.1, 0.15) is 0 Å². The summed E-state index contributed by atoms with van der Waals surface area (Å²) >= 11 is 0. The Balaban J connectivity index is -0.0000000980. The zero-order valence-corrected chi connectivity index (χ0v) is 9.01. The summed E-state index contributed by atoms with van der Waals surface area (Å²) in [5.74, 6) is 0. The smallest absolute Gasteiger partial charge is 0.438 e. The second-order valence-corrected chi connectivity index (χ2v) is 2.92. The molecule has 6 heteroatoms. The van der Waals surface area contributed by atoms with Crippen LogP contribution in [-0.4, -0.2) is 55.5 Å². The van der Waals surface area contributed by atoms with E-state index in [0.29, 0.717) is 6.42 Å². The first-order valence-electron chi connectivity index (χ1n) is 4.75.